The molecule has 2 aliphatic rings. The molecule has 2 amide bonds. The molecule has 1 saturated heterocycles. The first kappa shape index (κ1) is 15.1. The second kappa shape index (κ2) is 5.21. The van der Waals surface area contributed by atoms with Crippen LogP contribution in [0.1, 0.15) is 26.7 Å². The van der Waals surface area contributed by atoms with Gasteiger partial charge in [-0.3, -0.25) is 0 Å². The van der Waals surface area contributed by atoms with Gasteiger partial charge < -0.3 is 9.80 Å². The van der Waals surface area contributed by atoms with Crippen molar-refractivity contribution in [2.45, 2.75) is 38.5 Å². The Bertz CT molecular complexity index is 392. The zero-order chi connectivity index (χ0) is 15.0. The zero-order valence-corrected chi connectivity index (χ0v) is 11.7. The first-order valence-electron chi connectivity index (χ1n) is 6.90. The largest absolute Gasteiger partial charge is 0.437 e. The molecule has 0 atom stereocenters. The Morgan fingerprint density at radius 2 is 1.75 bits per heavy atom. The summed E-state index contributed by atoms with van der Waals surface area (Å²) < 4.78 is 38.7. The Morgan fingerprint density at radius 3 is 2.10 bits per heavy atom. The topological polar surface area (TPSA) is 48.3 Å². The summed E-state index contributed by atoms with van der Waals surface area (Å²) in [6, 6.07) is -0.0980. The molecule has 0 aromatic carbocycles. The molecular weight excluding hydrogens is 273 g/mol. The predicted molar refractivity (Wildman–Crippen MR) is 66.3 cm³/mol. The third-order valence-electron chi connectivity index (χ3n) is 4.10. The van der Waals surface area contributed by atoms with Crippen molar-refractivity contribution in [3.05, 3.63) is 0 Å². The van der Waals surface area contributed by atoms with Crippen LogP contribution in [0.15, 0.2) is 10.2 Å². The minimum Gasteiger partial charge on any atom is -0.325 e. The first-order chi connectivity index (χ1) is 9.35. The lowest BCUT2D eigenvalue weighted by Crippen LogP contribution is -2.50. The molecule has 0 radical (unpaired) electrons. The zero-order valence-electron chi connectivity index (χ0n) is 11.7. The molecule has 0 aromatic rings. The van der Waals surface area contributed by atoms with E-state index >= 15 is 0 Å². The first-order valence-corrected chi connectivity index (χ1v) is 6.90. The van der Waals surface area contributed by atoms with E-state index in [0.717, 1.165) is 0 Å². The Morgan fingerprint density at radius 1 is 1.25 bits per heavy atom. The van der Waals surface area contributed by atoms with Crippen LogP contribution in [0.25, 0.3) is 0 Å². The van der Waals surface area contributed by atoms with E-state index in [0.29, 0.717) is 39.0 Å². The number of likely N-dealkylation sites (tertiary alicyclic amines) is 1. The third kappa shape index (κ3) is 2.47. The van der Waals surface area contributed by atoms with Gasteiger partial charge in [0.05, 0.1) is 0 Å². The van der Waals surface area contributed by atoms with Gasteiger partial charge in [-0.1, -0.05) is 0 Å². The van der Waals surface area contributed by atoms with Crippen LogP contribution < -0.4 is 0 Å². The molecule has 8 heteroatoms. The Kier molecular flexibility index (Phi) is 3.93. The molecule has 0 bridgehead atoms. The van der Waals surface area contributed by atoms with Gasteiger partial charge in [-0.2, -0.15) is 13.2 Å². The molecule has 114 valence electrons. The van der Waals surface area contributed by atoms with Crippen LogP contribution in [-0.2, 0) is 0 Å². The fraction of sp³-hybridized carbons (Fsp3) is 0.917. The second-order valence-corrected chi connectivity index (χ2v) is 5.14. The van der Waals surface area contributed by atoms with Gasteiger partial charge in [-0.25, -0.2) is 4.79 Å². The molecule has 1 fully saturated rings. The Hall–Kier alpha value is -1.34. The minimum atomic E-state index is -4.41. The van der Waals surface area contributed by atoms with E-state index < -0.39 is 17.8 Å². The minimum absolute atomic E-state index is 0.0980. The molecule has 0 aliphatic carbocycles. The quantitative estimate of drug-likeness (QED) is 0.789. The molecule has 5 nitrogen and oxygen atoms in total. The van der Waals surface area contributed by atoms with Crippen molar-refractivity contribution in [3.8, 4) is 0 Å². The fourth-order valence-corrected chi connectivity index (χ4v) is 2.73. The van der Waals surface area contributed by atoms with Crippen LogP contribution in [0, 0.1) is 5.92 Å². The van der Waals surface area contributed by atoms with Gasteiger partial charge in [0.2, 0.25) is 0 Å². The number of urea groups is 1. The van der Waals surface area contributed by atoms with Crippen molar-refractivity contribution in [1.29, 1.82) is 0 Å². The van der Waals surface area contributed by atoms with Gasteiger partial charge >= 0.3 is 12.2 Å². The van der Waals surface area contributed by atoms with Crippen LogP contribution in [0.2, 0.25) is 0 Å². The summed E-state index contributed by atoms with van der Waals surface area (Å²) in [5.74, 6) is -0.636. The maximum Gasteiger partial charge on any atom is 0.437 e. The molecule has 2 heterocycles. The smallest absolute Gasteiger partial charge is 0.325 e. The lowest BCUT2D eigenvalue weighted by Gasteiger charge is -2.36. The molecule has 2 rings (SSSR count). The number of hydrogen-bond donors (Lipinski definition) is 0. The monoisotopic (exact) mass is 292 g/mol. The van der Waals surface area contributed by atoms with Crippen molar-refractivity contribution >= 4 is 6.03 Å². The highest BCUT2D eigenvalue weighted by molar-refractivity contribution is 5.74. The maximum absolute atomic E-state index is 12.9. The molecule has 0 aromatic heterocycles. The number of carbonyl (C=O) groups excluding carboxylic acids is 1. The van der Waals surface area contributed by atoms with E-state index in [9.17, 15) is 18.0 Å². The molecule has 2 aliphatic heterocycles. The molecule has 0 N–H and O–H groups in total. The summed E-state index contributed by atoms with van der Waals surface area (Å²) in [5, 5.41) is 6.50. The second-order valence-electron chi connectivity index (χ2n) is 5.14. The van der Waals surface area contributed by atoms with Gasteiger partial charge in [0.1, 0.15) is 0 Å². The number of halogens is 3. The summed E-state index contributed by atoms with van der Waals surface area (Å²) in [7, 11) is 0. The highest BCUT2D eigenvalue weighted by Gasteiger charge is 2.68. The number of piperidine rings is 1. The van der Waals surface area contributed by atoms with Crippen LogP contribution in [0.5, 0.6) is 0 Å². The van der Waals surface area contributed by atoms with E-state index in [-0.39, 0.29) is 6.03 Å². The standard InChI is InChI=1S/C12H19F3N4O/c1-3-18(4-2)10(20)19-7-5-9(6-8-19)11(16-17-11)12(13,14)15/h9H,3-8H2,1-2H3. The van der Waals surface area contributed by atoms with Crippen molar-refractivity contribution in [2.75, 3.05) is 26.2 Å². The third-order valence-corrected chi connectivity index (χ3v) is 4.10. The van der Waals surface area contributed by atoms with E-state index in [4.69, 9.17) is 0 Å². The normalized spacial score (nSPS) is 21.9. The highest BCUT2D eigenvalue weighted by Crippen LogP contribution is 2.52. The van der Waals surface area contributed by atoms with Gasteiger partial charge in [0, 0.05) is 32.1 Å². The van der Waals surface area contributed by atoms with E-state index in [2.05, 4.69) is 10.2 Å². The van der Waals surface area contributed by atoms with Crippen molar-refractivity contribution in [1.82, 2.24) is 9.80 Å². The maximum atomic E-state index is 12.9. The van der Waals surface area contributed by atoms with Gasteiger partial charge in [-0.05, 0) is 26.7 Å². The van der Waals surface area contributed by atoms with Crippen molar-refractivity contribution in [3.63, 3.8) is 0 Å². The van der Waals surface area contributed by atoms with Crippen LogP contribution in [0.3, 0.4) is 0 Å². The molecule has 0 spiro atoms. The molecule has 20 heavy (non-hydrogen) atoms. The predicted octanol–water partition coefficient (Wildman–Crippen LogP) is 2.88. The number of hydrogen-bond acceptors (Lipinski definition) is 3. The number of alkyl halides is 3. The van der Waals surface area contributed by atoms with E-state index in [1.54, 1.807) is 9.80 Å². The lowest BCUT2D eigenvalue weighted by atomic mass is 9.86. The van der Waals surface area contributed by atoms with E-state index in [1.807, 2.05) is 13.8 Å². The highest BCUT2D eigenvalue weighted by atomic mass is 19.4. The number of carbonyl (C=O) groups is 1. The summed E-state index contributed by atoms with van der Waals surface area (Å²) in [6.07, 6.45) is -3.83. The van der Waals surface area contributed by atoms with Crippen molar-refractivity contribution < 1.29 is 18.0 Å². The van der Waals surface area contributed by atoms with Crippen LogP contribution in [-0.4, -0.2) is 53.8 Å². The Balaban J connectivity index is 1.92. The summed E-state index contributed by atoms with van der Waals surface area (Å²) >= 11 is 0. The number of rotatable bonds is 3. The van der Waals surface area contributed by atoms with Gasteiger partial charge in [-0.15, -0.1) is 10.2 Å². The van der Waals surface area contributed by atoms with Crippen LogP contribution in [0.4, 0.5) is 18.0 Å². The van der Waals surface area contributed by atoms with Gasteiger partial charge in [0.25, 0.3) is 5.66 Å². The summed E-state index contributed by atoms with van der Waals surface area (Å²) in [4.78, 5) is 15.4. The molecular formula is C12H19F3N4O. The van der Waals surface area contributed by atoms with Crippen LogP contribution >= 0.6 is 0 Å². The van der Waals surface area contributed by atoms with Gasteiger partial charge in [0.15, 0.2) is 0 Å². The SMILES string of the molecule is CCN(CC)C(=O)N1CCC(C2(C(F)(F)F)N=N2)CC1. The lowest BCUT2D eigenvalue weighted by molar-refractivity contribution is -0.179. The molecule has 0 unspecified atom stereocenters. The number of nitrogens with zero attached hydrogens (tertiary/aromatic N) is 4. The summed E-state index contributed by atoms with van der Waals surface area (Å²) in [6.45, 7) is 5.65. The average Bonchev–Trinajstić information content (AvgIpc) is 3.21. The van der Waals surface area contributed by atoms with E-state index in [1.165, 1.54) is 0 Å². The number of amides is 2. The molecule has 0 saturated carbocycles. The average molecular weight is 292 g/mol. The summed E-state index contributed by atoms with van der Waals surface area (Å²) in [5.41, 5.74) is -2.18. The van der Waals surface area contributed by atoms with Crippen molar-refractivity contribution in [2.24, 2.45) is 16.1 Å². The fourth-order valence-electron chi connectivity index (χ4n) is 2.73. The Labute approximate surface area is 115 Å².